The quantitative estimate of drug-likeness (QED) is 0.700. The molecule has 0 bridgehead atoms. The molecule has 0 fully saturated rings. The Morgan fingerprint density at radius 1 is 1.03 bits per heavy atom. The Balaban J connectivity index is 1.73. The molecular formula is C23H19FN2O3. The van der Waals surface area contributed by atoms with Gasteiger partial charge in [0, 0.05) is 16.7 Å². The predicted octanol–water partition coefficient (Wildman–Crippen LogP) is 4.50. The van der Waals surface area contributed by atoms with E-state index in [1.165, 1.54) is 6.07 Å². The molecule has 0 saturated carbocycles. The SMILES string of the molecule is COc1ccc(F)c(-c2ccc3c(c2)C2(COC(N)=N2)c2ccc(C)cc2O3)c1. The lowest BCUT2D eigenvalue weighted by molar-refractivity contribution is 0.264. The molecule has 2 aliphatic rings. The summed E-state index contributed by atoms with van der Waals surface area (Å²) in [5.74, 6) is 1.62. The van der Waals surface area contributed by atoms with Crippen LogP contribution in [0.1, 0.15) is 16.7 Å². The molecule has 146 valence electrons. The monoisotopic (exact) mass is 390 g/mol. The minimum Gasteiger partial charge on any atom is -0.497 e. The zero-order valence-corrected chi connectivity index (χ0v) is 16.0. The lowest BCUT2D eigenvalue weighted by atomic mass is 9.80. The summed E-state index contributed by atoms with van der Waals surface area (Å²) in [7, 11) is 1.55. The van der Waals surface area contributed by atoms with E-state index in [1.807, 2.05) is 43.3 Å². The average molecular weight is 390 g/mol. The minimum atomic E-state index is -0.827. The van der Waals surface area contributed by atoms with Crippen LogP contribution in [0.2, 0.25) is 0 Å². The molecule has 2 heterocycles. The highest BCUT2D eigenvalue weighted by Gasteiger charge is 2.47. The third-order valence-electron chi connectivity index (χ3n) is 5.44. The lowest BCUT2D eigenvalue weighted by Crippen LogP contribution is -2.31. The number of hydrogen-bond donors (Lipinski definition) is 1. The molecule has 0 aliphatic carbocycles. The number of aryl methyl sites for hydroxylation is 1. The number of nitrogens with two attached hydrogens (primary N) is 1. The van der Waals surface area contributed by atoms with Gasteiger partial charge in [0.25, 0.3) is 6.02 Å². The van der Waals surface area contributed by atoms with E-state index in [9.17, 15) is 4.39 Å². The van der Waals surface area contributed by atoms with Gasteiger partial charge in [-0.15, -0.1) is 0 Å². The number of nitrogens with zero attached hydrogens (tertiary/aromatic N) is 1. The number of aliphatic imine (C=N–C) groups is 1. The summed E-state index contributed by atoms with van der Waals surface area (Å²) < 4.78 is 31.6. The Kier molecular flexibility index (Phi) is 3.77. The molecule has 2 aliphatic heterocycles. The Morgan fingerprint density at radius 3 is 2.66 bits per heavy atom. The van der Waals surface area contributed by atoms with E-state index in [-0.39, 0.29) is 18.4 Å². The van der Waals surface area contributed by atoms with Gasteiger partial charge in [-0.25, -0.2) is 9.38 Å². The number of amidine groups is 1. The van der Waals surface area contributed by atoms with Gasteiger partial charge in [-0.3, -0.25) is 0 Å². The summed E-state index contributed by atoms with van der Waals surface area (Å²) in [5.41, 5.74) is 8.95. The highest BCUT2D eigenvalue weighted by molar-refractivity contribution is 5.78. The van der Waals surface area contributed by atoms with Gasteiger partial charge in [-0.2, -0.15) is 0 Å². The topological polar surface area (TPSA) is 66.1 Å². The summed E-state index contributed by atoms with van der Waals surface area (Å²) in [5, 5.41) is 0. The summed E-state index contributed by atoms with van der Waals surface area (Å²) in [6.07, 6.45) is 0. The van der Waals surface area contributed by atoms with Crippen LogP contribution in [0.25, 0.3) is 11.1 Å². The number of rotatable bonds is 2. The van der Waals surface area contributed by atoms with Crippen LogP contribution in [0.3, 0.4) is 0 Å². The normalized spacial score (nSPS) is 19.1. The Morgan fingerprint density at radius 2 is 1.90 bits per heavy atom. The molecule has 0 aromatic heterocycles. The fourth-order valence-electron chi connectivity index (χ4n) is 3.99. The molecule has 1 atom stereocenters. The molecule has 3 aromatic rings. The first-order chi connectivity index (χ1) is 14.0. The number of fused-ring (bicyclic) bond motifs is 4. The van der Waals surface area contributed by atoms with E-state index in [0.29, 0.717) is 22.6 Å². The van der Waals surface area contributed by atoms with Gasteiger partial charge < -0.3 is 19.9 Å². The first-order valence-corrected chi connectivity index (χ1v) is 9.26. The van der Waals surface area contributed by atoms with Gasteiger partial charge in [-0.1, -0.05) is 18.2 Å². The largest absolute Gasteiger partial charge is 0.497 e. The van der Waals surface area contributed by atoms with Crippen LogP contribution in [0.15, 0.2) is 59.6 Å². The second kappa shape index (κ2) is 6.24. The molecule has 3 aromatic carbocycles. The van der Waals surface area contributed by atoms with E-state index in [1.54, 1.807) is 19.2 Å². The van der Waals surface area contributed by atoms with Crippen molar-refractivity contribution in [3.05, 3.63) is 77.1 Å². The van der Waals surface area contributed by atoms with Crippen molar-refractivity contribution in [1.29, 1.82) is 0 Å². The van der Waals surface area contributed by atoms with Gasteiger partial charge in [0.05, 0.1) is 7.11 Å². The minimum absolute atomic E-state index is 0.127. The van der Waals surface area contributed by atoms with Crippen molar-refractivity contribution in [2.24, 2.45) is 10.7 Å². The second-order valence-electron chi connectivity index (χ2n) is 7.26. The maximum absolute atomic E-state index is 14.6. The van der Waals surface area contributed by atoms with Gasteiger partial charge in [0.15, 0.2) is 5.54 Å². The third kappa shape index (κ3) is 2.63. The number of halogens is 1. The summed E-state index contributed by atoms with van der Waals surface area (Å²) in [6.45, 7) is 2.26. The molecule has 5 rings (SSSR count). The Labute approximate surface area is 167 Å². The highest BCUT2D eigenvalue weighted by Crippen LogP contribution is 2.51. The molecule has 5 nitrogen and oxygen atoms in total. The van der Waals surface area contributed by atoms with E-state index in [4.69, 9.17) is 19.9 Å². The molecule has 0 radical (unpaired) electrons. The molecule has 2 N–H and O–H groups in total. The van der Waals surface area contributed by atoms with Crippen molar-refractivity contribution < 1.29 is 18.6 Å². The maximum Gasteiger partial charge on any atom is 0.283 e. The van der Waals surface area contributed by atoms with Crippen molar-refractivity contribution in [2.45, 2.75) is 12.5 Å². The van der Waals surface area contributed by atoms with E-state index < -0.39 is 5.54 Å². The van der Waals surface area contributed by atoms with Crippen molar-refractivity contribution in [1.82, 2.24) is 0 Å². The zero-order chi connectivity index (χ0) is 20.2. The van der Waals surface area contributed by atoms with Crippen molar-refractivity contribution in [3.63, 3.8) is 0 Å². The maximum atomic E-state index is 14.6. The van der Waals surface area contributed by atoms with Crippen LogP contribution < -0.4 is 15.2 Å². The van der Waals surface area contributed by atoms with Crippen molar-refractivity contribution in [2.75, 3.05) is 13.7 Å². The number of ether oxygens (including phenoxy) is 3. The van der Waals surface area contributed by atoms with Gasteiger partial charge >= 0.3 is 0 Å². The number of methoxy groups -OCH3 is 1. The molecule has 1 unspecified atom stereocenters. The van der Waals surface area contributed by atoms with Crippen LogP contribution in [0.4, 0.5) is 4.39 Å². The predicted molar refractivity (Wildman–Crippen MR) is 108 cm³/mol. The van der Waals surface area contributed by atoms with E-state index in [0.717, 1.165) is 22.4 Å². The second-order valence-corrected chi connectivity index (χ2v) is 7.26. The van der Waals surface area contributed by atoms with Gasteiger partial charge in [0.2, 0.25) is 0 Å². The molecule has 1 spiro atoms. The fourth-order valence-corrected chi connectivity index (χ4v) is 3.99. The standard InChI is InChI=1S/C23H19FN2O3/c1-13-3-6-17-21(9-13)29-20-8-4-14(16-11-15(27-2)5-7-19(16)24)10-18(20)23(17)12-28-22(25)26-23/h3-11H,12H2,1-2H3,(H2,25,26). The van der Waals surface area contributed by atoms with Gasteiger partial charge in [0.1, 0.15) is 29.7 Å². The summed E-state index contributed by atoms with van der Waals surface area (Å²) >= 11 is 0. The number of hydrogen-bond acceptors (Lipinski definition) is 5. The Hall–Kier alpha value is -3.54. The summed E-state index contributed by atoms with van der Waals surface area (Å²) in [6, 6.07) is 16.3. The molecule has 0 saturated heterocycles. The van der Waals surface area contributed by atoms with Crippen LogP contribution >= 0.6 is 0 Å². The molecule has 6 heteroatoms. The molecular weight excluding hydrogens is 371 g/mol. The van der Waals surface area contributed by atoms with Crippen molar-refractivity contribution in [3.8, 4) is 28.4 Å². The summed E-state index contributed by atoms with van der Waals surface area (Å²) in [4.78, 5) is 4.66. The zero-order valence-electron chi connectivity index (χ0n) is 16.0. The van der Waals surface area contributed by atoms with E-state index >= 15 is 0 Å². The fraction of sp³-hybridized carbons (Fsp3) is 0.174. The highest BCUT2D eigenvalue weighted by atomic mass is 19.1. The van der Waals surface area contributed by atoms with Crippen LogP contribution in [0, 0.1) is 12.7 Å². The Bertz CT molecular complexity index is 1170. The molecule has 29 heavy (non-hydrogen) atoms. The van der Waals surface area contributed by atoms with Crippen molar-refractivity contribution >= 4 is 6.02 Å². The first-order valence-electron chi connectivity index (χ1n) is 9.26. The molecule has 0 amide bonds. The van der Waals surface area contributed by atoms with E-state index in [2.05, 4.69) is 4.99 Å². The van der Waals surface area contributed by atoms with Crippen LogP contribution in [0.5, 0.6) is 17.2 Å². The van der Waals surface area contributed by atoms with Crippen LogP contribution in [-0.4, -0.2) is 19.7 Å². The van der Waals surface area contributed by atoms with Crippen LogP contribution in [-0.2, 0) is 10.3 Å². The third-order valence-corrected chi connectivity index (χ3v) is 5.44. The van der Waals surface area contributed by atoms with Gasteiger partial charge in [-0.05, 0) is 54.4 Å². The smallest absolute Gasteiger partial charge is 0.283 e. The lowest BCUT2D eigenvalue weighted by Gasteiger charge is -2.34. The average Bonchev–Trinajstić information content (AvgIpc) is 3.10. The first kappa shape index (κ1) is 17.6. The number of benzene rings is 3.